The second-order valence-corrected chi connectivity index (χ2v) is 13.5. The van der Waals surface area contributed by atoms with E-state index in [2.05, 4.69) is 18.5 Å². The van der Waals surface area contributed by atoms with E-state index in [9.17, 15) is 24.3 Å². The van der Waals surface area contributed by atoms with Crippen molar-refractivity contribution in [1.82, 2.24) is 10.2 Å². The summed E-state index contributed by atoms with van der Waals surface area (Å²) in [5.74, 6) is -3.86. The molecule has 3 aliphatic heterocycles. The fourth-order valence-electron chi connectivity index (χ4n) is 7.71. The van der Waals surface area contributed by atoms with Crippen LogP contribution >= 0.6 is 11.6 Å². The Morgan fingerprint density at radius 1 is 1.16 bits per heavy atom. The van der Waals surface area contributed by atoms with Gasteiger partial charge in [-0.05, 0) is 42.9 Å². The van der Waals surface area contributed by atoms with E-state index in [-0.39, 0.29) is 37.9 Å². The minimum absolute atomic E-state index is 0.0376. The van der Waals surface area contributed by atoms with Crippen molar-refractivity contribution >= 4 is 41.0 Å². The van der Waals surface area contributed by atoms with Crippen molar-refractivity contribution in [3.8, 4) is 0 Å². The fourth-order valence-corrected chi connectivity index (χ4v) is 7.94. The van der Waals surface area contributed by atoms with Gasteiger partial charge in [-0.25, -0.2) is 0 Å². The number of halogens is 1. The lowest BCUT2D eigenvalue weighted by Crippen LogP contribution is -2.60. The average molecular weight is 692 g/mol. The number of aliphatic hydroxyl groups excluding tert-OH is 1. The van der Waals surface area contributed by atoms with E-state index in [1.54, 1.807) is 36.4 Å². The number of carbonyl (C=O) groups excluding carboxylic acids is 4. The number of nitrogens with zero attached hydrogens (tertiary/aromatic N) is 2. The van der Waals surface area contributed by atoms with Crippen molar-refractivity contribution in [2.45, 2.75) is 75.8 Å². The molecule has 0 radical (unpaired) electrons. The molecule has 0 unspecified atom stereocenters. The minimum Gasteiger partial charge on any atom is -0.455 e. The third-order valence-corrected chi connectivity index (χ3v) is 10.6. The van der Waals surface area contributed by atoms with Gasteiger partial charge in [0, 0.05) is 13.0 Å². The number of allylic oxidation sites excluding steroid dienone is 1. The maximum atomic E-state index is 14.9. The molecule has 10 nitrogen and oxygen atoms in total. The van der Waals surface area contributed by atoms with Crippen LogP contribution in [0, 0.1) is 17.8 Å². The number of para-hydroxylation sites is 1. The van der Waals surface area contributed by atoms with E-state index in [1.165, 1.54) is 9.80 Å². The van der Waals surface area contributed by atoms with Crippen LogP contribution in [0.4, 0.5) is 5.69 Å². The van der Waals surface area contributed by atoms with Crippen LogP contribution in [-0.2, 0) is 28.7 Å². The van der Waals surface area contributed by atoms with Crippen LogP contribution in [0.25, 0.3) is 0 Å². The van der Waals surface area contributed by atoms with E-state index in [4.69, 9.17) is 21.1 Å². The Bertz CT molecular complexity index is 1550. The van der Waals surface area contributed by atoms with Gasteiger partial charge in [0.1, 0.15) is 17.7 Å². The summed E-state index contributed by atoms with van der Waals surface area (Å²) in [6, 6.07) is 14.2. The minimum atomic E-state index is -1.33. The number of ether oxygens (including phenoxy) is 2. The highest BCUT2D eigenvalue weighted by atomic mass is 35.5. The highest BCUT2D eigenvalue weighted by Gasteiger charge is 2.76. The summed E-state index contributed by atoms with van der Waals surface area (Å²) in [7, 11) is 0. The smallest absolute Gasteiger partial charge is 0.313 e. The lowest BCUT2D eigenvalue weighted by Gasteiger charge is -2.41. The Morgan fingerprint density at radius 2 is 1.88 bits per heavy atom. The van der Waals surface area contributed by atoms with Gasteiger partial charge in [-0.3, -0.25) is 19.2 Å². The maximum Gasteiger partial charge on any atom is 0.313 e. The first-order chi connectivity index (χ1) is 23.6. The van der Waals surface area contributed by atoms with Gasteiger partial charge in [-0.1, -0.05) is 86.5 Å². The zero-order valence-corrected chi connectivity index (χ0v) is 28.9. The summed E-state index contributed by atoms with van der Waals surface area (Å²) in [5, 5.41) is 13.9. The maximum absolute atomic E-state index is 14.9. The standard InChI is InChI=1S/C38H46ClN3O7/c1-5-8-18-31(44)40-22-30(25-14-10-9-11-15-25)48-37(47)32-29-19-20-38(49-29)33(32)35(45)42(28(23-43)24(4)7-3)34(38)36(46)41(21-6-2)27-17-13-12-16-26(27)39/h5-6,9-17,24,28-30,32-34,43H,1-2,7-8,18-23H2,3-4H3,(H,40,44)/t24-,28-,29-,30+,32+,33+,34-,38+/m0/s1. The van der Waals surface area contributed by atoms with Gasteiger partial charge in [0.25, 0.3) is 5.91 Å². The van der Waals surface area contributed by atoms with E-state index < -0.39 is 59.5 Å². The molecular weight excluding hydrogens is 646 g/mol. The van der Waals surface area contributed by atoms with Gasteiger partial charge in [0.05, 0.1) is 47.8 Å². The largest absolute Gasteiger partial charge is 0.455 e. The molecular formula is C38H46ClN3O7. The molecule has 3 amide bonds. The molecule has 0 saturated carbocycles. The number of fused-ring (bicyclic) bond motifs is 1. The molecule has 11 heteroatoms. The van der Waals surface area contributed by atoms with Crippen LogP contribution in [0.1, 0.15) is 57.6 Å². The number of anilines is 1. The summed E-state index contributed by atoms with van der Waals surface area (Å²) in [4.78, 5) is 59.3. The van der Waals surface area contributed by atoms with Gasteiger partial charge in [0.15, 0.2) is 0 Å². The predicted octanol–water partition coefficient (Wildman–Crippen LogP) is 5.01. The van der Waals surface area contributed by atoms with Gasteiger partial charge < -0.3 is 29.7 Å². The fraction of sp³-hybridized carbons (Fsp3) is 0.474. The summed E-state index contributed by atoms with van der Waals surface area (Å²) in [6.07, 6.45) is 3.98. The summed E-state index contributed by atoms with van der Waals surface area (Å²) in [6.45, 7) is 11.2. The first-order valence-electron chi connectivity index (χ1n) is 17.0. The normalized spacial score (nSPS) is 25.6. The number of hydrogen-bond donors (Lipinski definition) is 2. The Labute approximate surface area is 293 Å². The lowest BCUT2D eigenvalue weighted by molar-refractivity contribution is -0.161. The van der Waals surface area contributed by atoms with Crippen molar-refractivity contribution in [2.24, 2.45) is 17.8 Å². The number of amides is 3. The SMILES string of the molecule is C=CCCC(=O)NC[C@@H](OC(=O)[C@@H]1[C@@H]2CC[C@]3(O2)[C@H](C(=O)N(CC=C)c2ccccc2Cl)N([C@@H](CO)[C@@H](C)CC)C(=O)[C@@H]13)c1ccccc1. The molecule has 3 heterocycles. The topological polar surface area (TPSA) is 125 Å². The molecule has 262 valence electrons. The van der Waals surface area contributed by atoms with E-state index in [0.29, 0.717) is 42.0 Å². The van der Waals surface area contributed by atoms with Gasteiger partial charge in [-0.2, -0.15) is 0 Å². The van der Waals surface area contributed by atoms with Gasteiger partial charge in [0.2, 0.25) is 11.8 Å². The zero-order chi connectivity index (χ0) is 35.3. The van der Waals surface area contributed by atoms with Crippen LogP contribution in [-0.4, -0.2) is 77.2 Å². The zero-order valence-electron chi connectivity index (χ0n) is 28.1. The number of nitrogens with one attached hydrogen (secondary N) is 1. The lowest BCUT2D eigenvalue weighted by atomic mass is 9.70. The molecule has 8 atom stereocenters. The number of benzene rings is 2. The number of esters is 1. The highest BCUT2D eigenvalue weighted by molar-refractivity contribution is 6.34. The second-order valence-electron chi connectivity index (χ2n) is 13.1. The first-order valence-corrected chi connectivity index (χ1v) is 17.4. The molecule has 0 aromatic heterocycles. The molecule has 49 heavy (non-hydrogen) atoms. The summed E-state index contributed by atoms with van der Waals surface area (Å²) >= 11 is 6.58. The highest BCUT2D eigenvalue weighted by Crippen LogP contribution is 2.59. The number of likely N-dealkylation sites (tertiary alicyclic amines) is 1. The van der Waals surface area contributed by atoms with Crippen LogP contribution in [0.2, 0.25) is 5.02 Å². The van der Waals surface area contributed by atoms with Crippen LogP contribution < -0.4 is 10.2 Å². The number of rotatable bonds is 16. The van der Waals surface area contributed by atoms with Crippen molar-refractivity contribution < 1.29 is 33.8 Å². The molecule has 2 N–H and O–H groups in total. The molecule has 5 rings (SSSR count). The molecule has 2 aromatic rings. The molecule has 1 spiro atoms. The molecule has 2 aromatic carbocycles. The first kappa shape index (κ1) is 36.3. The Kier molecular flexibility index (Phi) is 11.6. The van der Waals surface area contributed by atoms with Gasteiger partial charge in [-0.15, -0.1) is 13.2 Å². The molecule has 3 fully saturated rings. The van der Waals surface area contributed by atoms with Crippen molar-refractivity contribution in [1.29, 1.82) is 0 Å². The van der Waals surface area contributed by atoms with E-state index >= 15 is 0 Å². The van der Waals surface area contributed by atoms with Crippen molar-refractivity contribution in [3.05, 3.63) is 90.5 Å². The predicted molar refractivity (Wildman–Crippen MR) is 186 cm³/mol. The molecule has 3 saturated heterocycles. The van der Waals surface area contributed by atoms with Gasteiger partial charge >= 0.3 is 5.97 Å². The van der Waals surface area contributed by atoms with Crippen molar-refractivity contribution in [2.75, 3.05) is 24.6 Å². The average Bonchev–Trinajstić information content (AvgIpc) is 3.76. The van der Waals surface area contributed by atoms with Crippen molar-refractivity contribution in [3.63, 3.8) is 0 Å². The second kappa shape index (κ2) is 15.7. The third-order valence-electron chi connectivity index (χ3n) is 10.3. The third kappa shape index (κ3) is 6.91. The molecule has 0 aliphatic carbocycles. The Morgan fingerprint density at radius 3 is 2.53 bits per heavy atom. The number of carbonyl (C=O) groups is 4. The number of hydrogen-bond acceptors (Lipinski definition) is 7. The van der Waals surface area contributed by atoms with E-state index in [0.717, 1.165) is 0 Å². The molecule has 3 aliphatic rings. The van der Waals surface area contributed by atoms with Crippen LogP contribution in [0.15, 0.2) is 79.9 Å². The van der Waals surface area contributed by atoms with E-state index in [1.807, 2.05) is 44.2 Å². The molecule has 2 bridgehead atoms. The number of aliphatic hydroxyl groups is 1. The summed E-state index contributed by atoms with van der Waals surface area (Å²) < 4.78 is 12.8. The van der Waals surface area contributed by atoms with Crippen LogP contribution in [0.5, 0.6) is 0 Å². The Hall–Kier alpha value is -3.99. The monoisotopic (exact) mass is 691 g/mol. The summed E-state index contributed by atoms with van der Waals surface area (Å²) in [5.41, 5.74) is -0.191. The Balaban J connectivity index is 1.51. The van der Waals surface area contributed by atoms with Crippen LogP contribution in [0.3, 0.4) is 0 Å². The quantitative estimate of drug-likeness (QED) is 0.187.